The van der Waals surface area contributed by atoms with Crippen molar-refractivity contribution >= 4 is 102 Å². The average molecular weight is 741 g/mol. The molecule has 0 aliphatic rings. The molecule has 0 aromatic carbocycles. The van der Waals surface area contributed by atoms with Gasteiger partial charge in [-0.25, -0.2) is 0 Å². The van der Waals surface area contributed by atoms with E-state index >= 15 is 0 Å². The molecule has 9 heterocycles. The summed E-state index contributed by atoms with van der Waals surface area (Å²) in [5, 5.41) is 15.7. The minimum absolute atomic E-state index is 1.33. The molecule has 9 aromatic heterocycles. The van der Waals surface area contributed by atoms with Crippen molar-refractivity contribution in [3.8, 4) is 81.5 Å². The van der Waals surface area contributed by atoms with Crippen molar-refractivity contribution < 1.29 is 0 Å². The Bertz CT molecular complexity index is 2140. The fourth-order valence-electron chi connectivity index (χ4n) is 5.51. The minimum Gasteiger partial charge on any atom is -0.144 e. The lowest BCUT2D eigenvalue weighted by molar-refractivity contribution is 1.82. The zero-order valence-electron chi connectivity index (χ0n) is 23.2. The van der Waals surface area contributed by atoms with Crippen molar-refractivity contribution in [3.05, 3.63) is 117 Å². The summed E-state index contributed by atoms with van der Waals surface area (Å²) in [5.41, 5.74) is 6.77. The first kappa shape index (κ1) is 28.5. The lowest BCUT2D eigenvalue weighted by Gasteiger charge is -2.04. The molecule has 0 fully saturated rings. The molecule has 0 saturated carbocycles. The molecule has 0 nitrogen and oxygen atoms in total. The van der Waals surface area contributed by atoms with Crippen molar-refractivity contribution in [1.82, 2.24) is 0 Å². The Hall–Kier alpha value is -2.70. The van der Waals surface area contributed by atoms with Crippen LogP contribution in [-0.4, -0.2) is 0 Å². The Morgan fingerprint density at radius 3 is 1.22 bits per heavy atom. The van der Waals surface area contributed by atoms with Crippen molar-refractivity contribution in [2.45, 2.75) is 0 Å². The molecule has 0 aliphatic heterocycles. The third kappa shape index (κ3) is 5.15. The number of hydrogen-bond acceptors (Lipinski definition) is 9. The van der Waals surface area contributed by atoms with E-state index in [2.05, 4.69) is 117 Å². The maximum Gasteiger partial charge on any atom is 0.0535 e. The van der Waals surface area contributed by atoms with E-state index in [0.29, 0.717) is 0 Å². The number of hydrogen-bond donors (Lipinski definition) is 0. The van der Waals surface area contributed by atoms with Crippen LogP contribution in [-0.2, 0) is 0 Å². The highest BCUT2D eigenvalue weighted by atomic mass is 32.1. The van der Waals surface area contributed by atoms with Gasteiger partial charge in [0.15, 0.2) is 0 Å². The molecule has 0 spiro atoms. The van der Waals surface area contributed by atoms with E-state index in [1.165, 1.54) is 81.5 Å². The number of thiophene rings is 9. The monoisotopic (exact) mass is 740 g/mol. The zero-order chi connectivity index (χ0) is 29.7. The lowest BCUT2D eigenvalue weighted by atomic mass is 10.1. The minimum atomic E-state index is 1.33. The van der Waals surface area contributed by atoms with E-state index in [-0.39, 0.29) is 0 Å². The van der Waals surface area contributed by atoms with Gasteiger partial charge in [-0.3, -0.25) is 0 Å². The Labute approximate surface area is 297 Å². The standard InChI is InChI=1S/C36H20S9/c1-5-27(37-14-1)32-22(19-42-35(32)29-7-3-16-39-29)25-10-9-24(44-25)21-13-18-41-34(21)31-12-11-26(45-31)23-20-43-36(30-8-4-17-40-30)33(23)28-6-2-15-38-28/h1-20H. The van der Waals surface area contributed by atoms with E-state index in [4.69, 9.17) is 0 Å². The van der Waals surface area contributed by atoms with Crippen molar-refractivity contribution in [1.29, 1.82) is 0 Å². The lowest BCUT2D eigenvalue weighted by Crippen LogP contribution is -1.76. The van der Waals surface area contributed by atoms with Gasteiger partial charge in [0.2, 0.25) is 0 Å². The summed E-state index contributed by atoms with van der Waals surface area (Å²) in [7, 11) is 0. The van der Waals surface area contributed by atoms with Gasteiger partial charge < -0.3 is 0 Å². The molecule has 0 N–H and O–H groups in total. The van der Waals surface area contributed by atoms with Gasteiger partial charge in [0.05, 0.1) is 14.6 Å². The van der Waals surface area contributed by atoms with E-state index in [1.807, 2.05) is 102 Å². The Morgan fingerprint density at radius 2 is 0.733 bits per heavy atom. The first-order chi connectivity index (χ1) is 22.3. The summed E-state index contributed by atoms with van der Waals surface area (Å²) >= 11 is 16.7. The molecule has 45 heavy (non-hydrogen) atoms. The first-order valence-corrected chi connectivity index (χ1v) is 21.8. The van der Waals surface area contributed by atoms with Crippen LogP contribution in [0.4, 0.5) is 0 Å². The molecule has 9 rings (SSSR count). The van der Waals surface area contributed by atoms with Gasteiger partial charge in [-0.1, -0.05) is 24.3 Å². The summed E-state index contributed by atoms with van der Waals surface area (Å²) in [5.74, 6) is 0. The fourth-order valence-corrected chi connectivity index (χ4v) is 14.5. The summed E-state index contributed by atoms with van der Waals surface area (Å²) < 4.78 is 0. The van der Waals surface area contributed by atoms with Crippen LogP contribution in [0.25, 0.3) is 81.5 Å². The van der Waals surface area contributed by atoms with Gasteiger partial charge in [0, 0.05) is 77.6 Å². The van der Waals surface area contributed by atoms with Gasteiger partial charge in [0.1, 0.15) is 0 Å². The summed E-state index contributed by atoms with van der Waals surface area (Å²) in [4.78, 5) is 14.8. The molecule has 0 radical (unpaired) electrons. The second-order valence-electron chi connectivity index (χ2n) is 10.1. The molecule has 9 aromatic rings. The molecule has 0 aliphatic carbocycles. The van der Waals surface area contributed by atoms with E-state index in [9.17, 15) is 0 Å². The normalized spacial score (nSPS) is 11.6. The van der Waals surface area contributed by atoms with E-state index in [1.54, 1.807) is 0 Å². The van der Waals surface area contributed by atoms with Crippen LogP contribution < -0.4 is 0 Å². The van der Waals surface area contributed by atoms with Crippen LogP contribution in [0.15, 0.2) is 117 Å². The highest BCUT2D eigenvalue weighted by molar-refractivity contribution is 7.26. The highest BCUT2D eigenvalue weighted by Gasteiger charge is 2.22. The second-order valence-corrected chi connectivity index (χ2v) is 18.7. The second kappa shape index (κ2) is 12.2. The van der Waals surface area contributed by atoms with Crippen LogP contribution in [0.2, 0.25) is 0 Å². The quantitative estimate of drug-likeness (QED) is 0.146. The molecular formula is C36H20S9. The van der Waals surface area contributed by atoms with Gasteiger partial charge in [-0.15, -0.1) is 102 Å². The largest absolute Gasteiger partial charge is 0.144 e. The van der Waals surface area contributed by atoms with Crippen LogP contribution in [0.1, 0.15) is 0 Å². The fraction of sp³-hybridized carbons (Fsp3) is 0. The smallest absolute Gasteiger partial charge is 0.0535 e. The molecule has 0 unspecified atom stereocenters. The molecule has 218 valence electrons. The van der Waals surface area contributed by atoms with Gasteiger partial charge in [-0.05, 0) is 81.5 Å². The Kier molecular flexibility index (Phi) is 7.70. The molecule has 0 amide bonds. The van der Waals surface area contributed by atoms with Crippen LogP contribution in [0.3, 0.4) is 0 Å². The van der Waals surface area contributed by atoms with Crippen LogP contribution >= 0.6 is 102 Å². The molecule has 0 saturated heterocycles. The Balaban J connectivity index is 1.08. The third-order valence-electron chi connectivity index (χ3n) is 7.50. The predicted octanol–water partition coefficient (Wildman–Crippen LogP) is 15.6. The third-order valence-corrected chi connectivity index (χ3v) is 16.7. The topological polar surface area (TPSA) is 0 Å². The summed E-state index contributed by atoms with van der Waals surface area (Å²) in [6.07, 6.45) is 0. The molecule has 0 atom stereocenters. The van der Waals surface area contributed by atoms with Crippen molar-refractivity contribution in [2.24, 2.45) is 0 Å². The molecule has 0 bridgehead atoms. The van der Waals surface area contributed by atoms with E-state index < -0.39 is 0 Å². The number of rotatable bonds is 8. The van der Waals surface area contributed by atoms with Crippen LogP contribution in [0.5, 0.6) is 0 Å². The summed E-state index contributed by atoms with van der Waals surface area (Å²) in [6, 6.07) is 29.2. The summed E-state index contributed by atoms with van der Waals surface area (Å²) in [6.45, 7) is 0. The molecule has 9 heteroatoms. The van der Waals surface area contributed by atoms with Gasteiger partial charge >= 0.3 is 0 Å². The molecular weight excluding hydrogens is 721 g/mol. The van der Waals surface area contributed by atoms with Gasteiger partial charge in [0.25, 0.3) is 0 Å². The predicted molar refractivity (Wildman–Crippen MR) is 211 cm³/mol. The Morgan fingerprint density at radius 1 is 0.289 bits per heavy atom. The van der Waals surface area contributed by atoms with Crippen LogP contribution in [0, 0.1) is 0 Å². The first-order valence-electron chi connectivity index (χ1n) is 14.0. The SMILES string of the molecule is c1csc(-c2scc(-c3ccc(-c4ccsc4-c4ccc(-c5csc(-c6cccs6)c5-c5cccs5)s4)s3)c2-c2cccs2)c1. The van der Waals surface area contributed by atoms with Crippen molar-refractivity contribution in [2.75, 3.05) is 0 Å². The zero-order valence-corrected chi connectivity index (χ0v) is 30.6. The van der Waals surface area contributed by atoms with E-state index in [0.717, 1.165) is 0 Å². The van der Waals surface area contributed by atoms with Crippen molar-refractivity contribution in [3.63, 3.8) is 0 Å². The maximum absolute atomic E-state index is 2.36. The maximum atomic E-state index is 2.36. The highest BCUT2D eigenvalue weighted by Crippen LogP contribution is 2.53. The van der Waals surface area contributed by atoms with Gasteiger partial charge in [-0.2, -0.15) is 0 Å². The average Bonchev–Trinajstić information content (AvgIpc) is 3.93.